The van der Waals surface area contributed by atoms with Gasteiger partial charge in [0.05, 0.1) is 12.6 Å². The van der Waals surface area contributed by atoms with Gasteiger partial charge in [-0.1, -0.05) is 0 Å². The van der Waals surface area contributed by atoms with Gasteiger partial charge in [-0.25, -0.2) is 9.97 Å². The zero-order chi connectivity index (χ0) is 9.97. The van der Waals surface area contributed by atoms with Crippen LogP contribution in [0.25, 0.3) is 0 Å². The molecule has 4 nitrogen and oxygen atoms in total. The molecule has 1 unspecified atom stereocenters. The van der Waals surface area contributed by atoms with Crippen molar-refractivity contribution in [3.05, 3.63) is 16.5 Å². The van der Waals surface area contributed by atoms with Gasteiger partial charge in [-0.3, -0.25) is 0 Å². The predicted molar refractivity (Wildman–Crippen MR) is 57.3 cm³/mol. The third-order valence-corrected chi connectivity index (χ3v) is 2.49. The molecule has 1 aromatic heterocycles. The molecular weight excluding hydrogens is 246 g/mol. The zero-order valence-corrected chi connectivity index (χ0v) is 9.54. The number of rotatable bonds is 2. The van der Waals surface area contributed by atoms with E-state index in [1.54, 1.807) is 0 Å². The van der Waals surface area contributed by atoms with E-state index in [2.05, 4.69) is 31.2 Å². The third-order valence-electron chi connectivity index (χ3n) is 2.09. The SMILES string of the molecule is Cc1nc(Br)cc(NC2CCOC2)n1. The second-order valence-corrected chi connectivity index (χ2v) is 4.14. The summed E-state index contributed by atoms with van der Waals surface area (Å²) in [4.78, 5) is 8.43. The molecule has 0 aliphatic carbocycles. The van der Waals surface area contributed by atoms with Crippen molar-refractivity contribution in [3.63, 3.8) is 0 Å². The molecule has 1 aliphatic heterocycles. The fraction of sp³-hybridized carbons (Fsp3) is 0.556. The highest BCUT2D eigenvalue weighted by atomic mass is 79.9. The summed E-state index contributed by atoms with van der Waals surface area (Å²) in [5.41, 5.74) is 0. The smallest absolute Gasteiger partial charge is 0.131 e. The number of halogens is 1. The van der Waals surface area contributed by atoms with E-state index in [1.807, 2.05) is 13.0 Å². The summed E-state index contributed by atoms with van der Waals surface area (Å²) in [5.74, 6) is 1.63. The minimum Gasteiger partial charge on any atom is -0.379 e. The minimum atomic E-state index is 0.385. The van der Waals surface area contributed by atoms with Crippen LogP contribution < -0.4 is 5.32 Å². The van der Waals surface area contributed by atoms with Crippen LogP contribution in [0.1, 0.15) is 12.2 Å². The van der Waals surface area contributed by atoms with E-state index in [1.165, 1.54) is 0 Å². The molecular formula is C9H12BrN3O. The Hall–Kier alpha value is -0.680. The number of hydrogen-bond acceptors (Lipinski definition) is 4. The van der Waals surface area contributed by atoms with Crippen LogP contribution in [0.3, 0.4) is 0 Å². The van der Waals surface area contributed by atoms with Gasteiger partial charge in [-0.15, -0.1) is 0 Å². The van der Waals surface area contributed by atoms with Crippen molar-refractivity contribution in [2.24, 2.45) is 0 Å². The number of nitrogens with zero attached hydrogens (tertiary/aromatic N) is 2. The second kappa shape index (κ2) is 4.23. The van der Waals surface area contributed by atoms with E-state index in [0.717, 1.165) is 35.9 Å². The number of anilines is 1. The van der Waals surface area contributed by atoms with Gasteiger partial charge < -0.3 is 10.1 Å². The van der Waals surface area contributed by atoms with Gasteiger partial charge in [0.15, 0.2) is 0 Å². The number of hydrogen-bond donors (Lipinski definition) is 1. The van der Waals surface area contributed by atoms with Gasteiger partial charge in [-0.05, 0) is 29.3 Å². The van der Waals surface area contributed by atoms with Crippen LogP contribution in [-0.2, 0) is 4.74 Å². The van der Waals surface area contributed by atoms with Crippen molar-refractivity contribution in [1.29, 1.82) is 0 Å². The summed E-state index contributed by atoms with van der Waals surface area (Å²) in [6.07, 6.45) is 1.04. The molecule has 0 saturated carbocycles. The van der Waals surface area contributed by atoms with E-state index in [-0.39, 0.29) is 0 Å². The minimum absolute atomic E-state index is 0.385. The molecule has 0 spiro atoms. The fourth-order valence-electron chi connectivity index (χ4n) is 1.46. The summed E-state index contributed by atoms with van der Waals surface area (Å²) in [7, 11) is 0. The van der Waals surface area contributed by atoms with Gasteiger partial charge in [0.2, 0.25) is 0 Å². The van der Waals surface area contributed by atoms with E-state index in [4.69, 9.17) is 4.74 Å². The van der Waals surface area contributed by atoms with Gasteiger partial charge in [-0.2, -0.15) is 0 Å². The van der Waals surface area contributed by atoms with Gasteiger partial charge >= 0.3 is 0 Å². The highest BCUT2D eigenvalue weighted by molar-refractivity contribution is 9.10. The molecule has 0 radical (unpaired) electrons. The molecule has 1 saturated heterocycles. The first kappa shape index (κ1) is 9.86. The number of aromatic nitrogens is 2. The third kappa shape index (κ3) is 2.42. The molecule has 2 heterocycles. The van der Waals surface area contributed by atoms with Crippen LogP contribution in [0, 0.1) is 6.92 Å². The quantitative estimate of drug-likeness (QED) is 0.821. The first-order valence-electron chi connectivity index (χ1n) is 4.59. The predicted octanol–water partition coefficient (Wildman–Crippen LogP) is 1.75. The van der Waals surface area contributed by atoms with Crippen molar-refractivity contribution in [2.45, 2.75) is 19.4 Å². The van der Waals surface area contributed by atoms with Crippen molar-refractivity contribution in [3.8, 4) is 0 Å². The summed E-state index contributed by atoms with van der Waals surface area (Å²) < 4.78 is 6.08. The topological polar surface area (TPSA) is 47.0 Å². The van der Waals surface area contributed by atoms with Gasteiger partial charge in [0.25, 0.3) is 0 Å². The van der Waals surface area contributed by atoms with Crippen molar-refractivity contribution in [1.82, 2.24) is 9.97 Å². The average Bonchev–Trinajstić information content (AvgIpc) is 2.54. The lowest BCUT2D eigenvalue weighted by Crippen LogP contribution is -2.20. The zero-order valence-electron chi connectivity index (χ0n) is 7.96. The van der Waals surface area contributed by atoms with Crippen LogP contribution in [0.15, 0.2) is 10.7 Å². The van der Waals surface area contributed by atoms with Crippen LogP contribution in [0.4, 0.5) is 5.82 Å². The van der Waals surface area contributed by atoms with Crippen molar-refractivity contribution < 1.29 is 4.74 Å². The number of aryl methyl sites for hydroxylation is 1. The Morgan fingerprint density at radius 2 is 2.43 bits per heavy atom. The normalized spacial score (nSPS) is 21.1. The number of ether oxygens (including phenoxy) is 1. The molecule has 14 heavy (non-hydrogen) atoms. The first-order chi connectivity index (χ1) is 6.74. The Bertz CT molecular complexity index is 306. The van der Waals surface area contributed by atoms with Crippen molar-refractivity contribution in [2.75, 3.05) is 18.5 Å². The highest BCUT2D eigenvalue weighted by Crippen LogP contribution is 2.15. The Labute approximate surface area is 91.2 Å². The van der Waals surface area contributed by atoms with Crippen LogP contribution in [0.5, 0.6) is 0 Å². The Kier molecular flexibility index (Phi) is 2.98. The molecule has 0 bridgehead atoms. The summed E-state index contributed by atoms with van der Waals surface area (Å²) in [6.45, 7) is 3.48. The molecule has 0 amide bonds. The molecule has 1 fully saturated rings. The molecule has 2 rings (SSSR count). The average molecular weight is 258 g/mol. The summed E-state index contributed by atoms with van der Waals surface area (Å²) >= 11 is 3.34. The number of nitrogens with one attached hydrogen (secondary N) is 1. The van der Waals surface area contributed by atoms with Crippen LogP contribution >= 0.6 is 15.9 Å². The lowest BCUT2D eigenvalue weighted by Gasteiger charge is -2.11. The maximum absolute atomic E-state index is 5.27. The fourth-order valence-corrected chi connectivity index (χ4v) is 1.94. The van der Waals surface area contributed by atoms with E-state index >= 15 is 0 Å². The monoisotopic (exact) mass is 257 g/mol. The Balaban J connectivity index is 2.07. The molecule has 1 aliphatic rings. The summed E-state index contributed by atoms with van der Waals surface area (Å²) in [5, 5.41) is 3.32. The summed E-state index contributed by atoms with van der Waals surface area (Å²) in [6, 6.07) is 2.27. The molecule has 5 heteroatoms. The molecule has 0 aromatic carbocycles. The van der Waals surface area contributed by atoms with Crippen LogP contribution in [-0.4, -0.2) is 29.2 Å². The van der Waals surface area contributed by atoms with Crippen LogP contribution in [0.2, 0.25) is 0 Å². The van der Waals surface area contributed by atoms with E-state index in [0.29, 0.717) is 6.04 Å². The first-order valence-corrected chi connectivity index (χ1v) is 5.39. The van der Waals surface area contributed by atoms with Crippen molar-refractivity contribution >= 4 is 21.7 Å². The molecule has 76 valence electrons. The van der Waals surface area contributed by atoms with Gasteiger partial charge in [0.1, 0.15) is 16.2 Å². The molecule has 1 aromatic rings. The van der Waals surface area contributed by atoms with Gasteiger partial charge in [0, 0.05) is 12.7 Å². The molecule has 1 N–H and O–H groups in total. The standard InChI is InChI=1S/C9H12BrN3O/c1-6-11-8(10)4-9(12-6)13-7-2-3-14-5-7/h4,7H,2-3,5H2,1H3,(H,11,12,13). The largest absolute Gasteiger partial charge is 0.379 e. The highest BCUT2D eigenvalue weighted by Gasteiger charge is 2.15. The van der Waals surface area contributed by atoms with E-state index in [9.17, 15) is 0 Å². The molecule has 1 atom stereocenters. The Morgan fingerprint density at radius 1 is 1.57 bits per heavy atom. The maximum atomic E-state index is 5.27. The lowest BCUT2D eigenvalue weighted by atomic mass is 10.2. The second-order valence-electron chi connectivity index (χ2n) is 3.33. The maximum Gasteiger partial charge on any atom is 0.131 e. The Morgan fingerprint density at radius 3 is 3.07 bits per heavy atom. The lowest BCUT2D eigenvalue weighted by molar-refractivity contribution is 0.195. The van der Waals surface area contributed by atoms with E-state index < -0.39 is 0 Å².